The Hall–Kier alpha value is -3.73. The summed E-state index contributed by atoms with van der Waals surface area (Å²) < 4.78 is 0. The molecule has 4 rings (SSSR count). The number of nitrogens with one attached hydrogen (secondary N) is 1. The topological polar surface area (TPSA) is 66.5 Å². The van der Waals surface area contributed by atoms with Crippen LogP contribution in [0.4, 0.5) is 11.4 Å². The summed E-state index contributed by atoms with van der Waals surface area (Å²) in [6, 6.07) is 18.1. The van der Waals surface area contributed by atoms with Crippen LogP contribution in [0, 0.1) is 6.92 Å². The van der Waals surface area contributed by atoms with Gasteiger partial charge in [-0.25, -0.2) is 4.90 Å². The standard InChI is InChI=1S/C28H28N2O3/c1-16(2)21-7-6-8-22(17(3)4)25(21)30-27(32)23-14-11-19(15-24(23)28(30)33)26(31)29-20-12-9-18(5)10-13-20/h6-17H,1-5H3,(H,29,31). The first-order valence-corrected chi connectivity index (χ1v) is 11.2. The molecule has 0 fully saturated rings. The molecule has 1 heterocycles. The van der Waals surface area contributed by atoms with Crippen molar-refractivity contribution in [1.29, 1.82) is 0 Å². The molecule has 0 saturated carbocycles. The molecule has 3 aromatic carbocycles. The number of carbonyl (C=O) groups is 3. The smallest absolute Gasteiger partial charge is 0.266 e. The number of hydrogen-bond acceptors (Lipinski definition) is 3. The van der Waals surface area contributed by atoms with Crippen molar-refractivity contribution in [3.05, 3.63) is 94.0 Å². The molecule has 3 aromatic rings. The van der Waals surface area contributed by atoms with Crippen molar-refractivity contribution >= 4 is 29.1 Å². The molecule has 0 spiro atoms. The van der Waals surface area contributed by atoms with Crippen LogP contribution in [0.15, 0.2) is 60.7 Å². The number of carbonyl (C=O) groups excluding carboxylic acids is 3. The number of imide groups is 1. The predicted molar refractivity (Wildman–Crippen MR) is 131 cm³/mol. The van der Waals surface area contributed by atoms with E-state index in [-0.39, 0.29) is 29.2 Å². The van der Waals surface area contributed by atoms with Gasteiger partial charge in [0.05, 0.1) is 16.8 Å². The Bertz CT molecular complexity index is 1230. The van der Waals surface area contributed by atoms with E-state index in [9.17, 15) is 14.4 Å². The Morgan fingerprint density at radius 3 is 1.94 bits per heavy atom. The van der Waals surface area contributed by atoms with E-state index in [0.29, 0.717) is 22.5 Å². The largest absolute Gasteiger partial charge is 0.322 e. The molecule has 168 valence electrons. The van der Waals surface area contributed by atoms with Gasteiger partial charge in [0.25, 0.3) is 17.7 Å². The number of amides is 3. The monoisotopic (exact) mass is 440 g/mol. The van der Waals surface area contributed by atoms with E-state index in [1.54, 1.807) is 12.1 Å². The van der Waals surface area contributed by atoms with Gasteiger partial charge in [0, 0.05) is 11.3 Å². The summed E-state index contributed by atoms with van der Waals surface area (Å²) in [5, 5.41) is 2.84. The fourth-order valence-electron chi connectivity index (χ4n) is 4.20. The van der Waals surface area contributed by atoms with E-state index in [4.69, 9.17) is 0 Å². The van der Waals surface area contributed by atoms with E-state index in [1.165, 1.54) is 11.0 Å². The lowest BCUT2D eigenvalue weighted by molar-refractivity contribution is 0.0924. The maximum absolute atomic E-state index is 13.5. The number of fused-ring (bicyclic) bond motifs is 1. The average Bonchev–Trinajstić information content (AvgIpc) is 3.04. The summed E-state index contributed by atoms with van der Waals surface area (Å²) >= 11 is 0. The molecule has 1 N–H and O–H groups in total. The third kappa shape index (κ3) is 4.07. The molecule has 5 heteroatoms. The summed E-state index contributed by atoms with van der Waals surface area (Å²) in [6.07, 6.45) is 0. The normalized spacial score (nSPS) is 13.1. The van der Waals surface area contributed by atoms with Gasteiger partial charge in [-0.3, -0.25) is 14.4 Å². The number of aryl methyl sites for hydroxylation is 1. The number of benzene rings is 3. The first kappa shape index (κ1) is 22.5. The average molecular weight is 441 g/mol. The van der Waals surface area contributed by atoms with Crippen LogP contribution in [0.5, 0.6) is 0 Å². The van der Waals surface area contributed by atoms with Crippen LogP contribution in [0.2, 0.25) is 0 Å². The zero-order valence-electron chi connectivity index (χ0n) is 19.6. The predicted octanol–water partition coefficient (Wildman–Crippen LogP) is 6.29. The summed E-state index contributed by atoms with van der Waals surface area (Å²) in [5.74, 6) is -0.797. The molecule has 0 saturated heterocycles. The SMILES string of the molecule is Cc1ccc(NC(=O)c2ccc3c(c2)C(=O)N(c2c(C(C)C)cccc2C(C)C)C3=O)cc1. The molecule has 1 aliphatic rings. The summed E-state index contributed by atoms with van der Waals surface area (Å²) in [5.41, 5.74) is 5.24. The highest BCUT2D eigenvalue weighted by Gasteiger charge is 2.39. The van der Waals surface area contributed by atoms with Crippen molar-refractivity contribution < 1.29 is 14.4 Å². The lowest BCUT2D eigenvalue weighted by Crippen LogP contribution is -2.31. The van der Waals surface area contributed by atoms with Gasteiger partial charge >= 0.3 is 0 Å². The molecule has 0 bridgehead atoms. The van der Waals surface area contributed by atoms with E-state index in [1.807, 2.05) is 49.4 Å². The van der Waals surface area contributed by atoms with Crippen molar-refractivity contribution in [2.24, 2.45) is 0 Å². The highest BCUT2D eigenvalue weighted by atomic mass is 16.2. The quantitative estimate of drug-likeness (QED) is 0.474. The third-order valence-corrected chi connectivity index (χ3v) is 6.02. The molecule has 0 aromatic heterocycles. The lowest BCUT2D eigenvalue weighted by atomic mass is 9.92. The van der Waals surface area contributed by atoms with Gasteiger partial charge in [-0.2, -0.15) is 0 Å². The first-order chi connectivity index (χ1) is 15.7. The van der Waals surface area contributed by atoms with E-state index in [0.717, 1.165) is 16.7 Å². The molecule has 0 unspecified atom stereocenters. The summed E-state index contributed by atoms with van der Waals surface area (Å²) in [7, 11) is 0. The van der Waals surface area contributed by atoms with E-state index >= 15 is 0 Å². The second kappa shape index (κ2) is 8.66. The van der Waals surface area contributed by atoms with Crippen LogP contribution in [0.1, 0.15) is 87.3 Å². The maximum atomic E-state index is 13.5. The van der Waals surface area contributed by atoms with Crippen molar-refractivity contribution in [3.63, 3.8) is 0 Å². The third-order valence-electron chi connectivity index (χ3n) is 6.02. The highest BCUT2D eigenvalue weighted by molar-refractivity contribution is 6.35. The molecule has 3 amide bonds. The number of para-hydroxylation sites is 1. The minimum atomic E-state index is -0.394. The van der Waals surface area contributed by atoms with Crippen molar-refractivity contribution in [2.45, 2.75) is 46.5 Å². The van der Waals surface area contributed by atoms with Gasteiger partial charge in [0.2, 0.25) is 0 Å². The van der Waals surface area contributed by atoms with Crippen LogP contribution in [-0.4, -0.2) is 17.7 Å². The minimum absolute atomic E-state index is 0.138. The number of hydrogen-bond donors (Lipinski definition) is 1. The Morgan fingerprint density at radius 2 is 1.36 bits per heavy atom. The van der Waals surface area contributed by atoms with Crippen LogP contribution in [0.25, 0.3) is 0 Å². The lowest BCUT2D eigenvalue weighted by Gasteiger charge is -2.25. The molecule has 5 nitrogen and oxygen atoms in total. The molecule has 0 atom stereocenters. The second-order valence-corrected chi connectivity index (χ2v) is 9.12. The number of nitrogens with zero attached hydrogens (tertiary/aromatic N) is 1. The van der Waals surface area contributed by atoms with Crippen LogP contribution in [-0.2, 0) is 0 Å². The van der Waals surface area contributed by atoms with Gasteiger partial charge in [0.15, 0.2) is 0 Å². The Morgan fingerprint density at radius 1 is 0.788 bits per heavy atom. The maximum Gasteiger partial charge on any atom is 0.266 e. The number of rotatable bonds is 5. The van der Waals surface area contributed by atoms with Crippen LogP contribution < -0.4 is 10.2 Å². The Labute approximate surface area is 194 Å². The summed E-state index contributed by atoms with van der Waals surface area (Å²) in [4.78, 5) is 41.0. The minimum Gasteiger partial charge on any atom is -0.322 e. The molecular weight excluding hydrogens is 412 g/mol. The van der Waals surface area contributed by atoms with Crippen molar-refractivity contribution in [3.8, 4) is 0 Å². The fraction of sp³-hybridized carbons (Fsp3) is 0.250. The van der Waals surface area contributed by atoms with Gasteiger partial charge < -0.3 is 5.32 Å². The van der Waals surface area contributed by atoms with Gasteiger partial charge in [-0.15, -0.1) is 0 Å². The Balaban J connectivity index is 1.72. The van der Waals surface area contributed by atoms with Crippen LogP contribution in [0.3, 0.4) is 0 Å². The molecule has 1 aliphatic heterocycles. The molecule has 0 aliphatic carbocycles. The van der Waals surface area contributed by atoms with Gasteiger partial charge in [-0.05, 0) is 60.2 Å². The Kier molecular flexibility index (Phi) is 5.90. The van der Waals surface area contributed by atoms with Gasteiger partial charge in [0.1, 0.15) is 0 Å². The zero-order chi connectivity index (χ0) is 23.9. The van der Waals surface area contributed by atoms with Crippen molar-refractivity contribution in [2.75, 3.05) is 10.2 Å². The fourth-order valence-corrected chi connectivity index (χ4v) is 4.20. The first-order valence-electron chi connectivity index (χ1n) is 11.2. The van der Waals surface area contributed by atoms with E-state index < -0.39 is 5.91 Å². The van der Waals surface area contributed by atoms with Crippen molar-refractivity contribution in [1.82, 2.24) is 0 Å². The zero-order valence-corrected chi connectivity index (χ0v) is 19.6. The summed E-state index contributed by atoms with van der Waals surface area (Å²) in [6.45, 7) is 10.2. The van der Waals surface area contributed by atoms with Gasteiger partial charge in [-0.1, -0.05) is 63.6 Å². The number of anilines is 2. The van der Waals surface area contributed by atoms with E-state index in [2.05, 4.69) is 33.0 Å². The molecular formula is C28H28N2O3. The second-order valence-electron chi connectivity index (χ2n) is 9.12. The molecule has 33 heavy (non-hydrogen) atoms. The highest BCUT2D eigenvalue weighted by Crippen LogP contribution is 2.39. The molecule has 0 radical (unpaired) electrons. The van der Waals surface area contributed by atoms with Crippen LogP contribution >= 0.6 is 0 Å².